The summed E-state index contributed by atoms with van der Waals surface area (Å²) in [4.78, 5) is 26.9. The van der Waals surface area contributed by atoms with Crippen LogP contribution in [0.25, 0.3) is 12.2 Å². The molecule has 0 spiro atoms. The highest BCUT2D eigenvalue weighted by Gasteiger charge is 2.32. The fourth-order valence-electron chi connectivity index (χ4n) is 1.73. The molecule has 0 saturated heterocycles. The van der Waals surface area contributed by atoms with Gasteiger partial charge in [0.15, 0.2) is 6.61 Å². The lowest BCUT2D eigenvalue weighted by molar-refractivity contribution is -0.141. The summed E-state index contributed by atoms with van der Waals surface area (Å²) in [5, 5.41) is 0. The van der Waals surface area contributed by atoms with Gasteiger partial charge in [0, 0.05) is 0 Å². The first-order valence-corrected chi connectivity index (χ1v) is 6.62. The largest absolute Gasteiger partial charge is 0.484 e. The number of hydrogen-bond acceptors (Lipinski definition) is 4. The first-order chi connectivity index (χ1) is 11.2. The van der Waals surface area contributed by atoms with Crippen LogP contribution in [0.1, 0.15) is 17.0 Å². The van der Waals surface area contributed by atoms with Crippen LogP contribution in [0, 0.1) is 0 Å². The van der Waals surface area contributed by atoms with E-state index in [4.69, 9.17) is 10.5 Å². The summed E-state index contributed by atoms with van der Waals surface area (Å²) in [5.41, 5.74) is 3.21. The van der Waals surface area contributed by atoms with Crippen LogP contribution >= 0.6 is 0 Å². The van der Waals surface area contributed by atoms with Crippen molar-refractivity contribution in [1.29, 1.82) is 0 Å². The summed E-state index contributed by atoms with van der Waals surface area (Å²) < 4.78 is 42.9. The first kappa shape index (κ1) is 17.3. The van der Waals surface area contributed by atoms with E-state index in [2.05, 4.69) is 4.98 Å². The molecule has 1 amide bonds. The summed E-state index contributed by atoms with van der Waals surface area (Å²) in [5.74, 6) is -0.195. The molecule has 126 valence electrons. The van der Waals surface area contributed by atoms with Crippen LogP contribution in [-0.2, 0) is 11.0 Å². The number of nitrogens with zero attached hydrogens (tertiary/aromatic N) is 1. The highest BCUT2D eigenvalue weighted by molar-refractivity contribution is 5.75. The lowest BCUT2D eigenvalue weighted by atomic mass is 10.2. The van der Waals surface area contributed by atoms with Gasteiger partial charge in [-0.2, -0.15) is 18.2 Å². The Morgan fingerprint density at radius 1 is 1.25 bits per heavy atom. The second kappa shape index (κ2) is 6.99. The molecule has 9 heteroatoms. The molecule has 1 aromatic heterocycles. The highest BCUT2D eigenvalue weighted by atomic mass is 19.4. The number of amides is 1. The maximum Gasteiger partial charge on any atom is 0.431 e. The van der Waals surface area contributed by atoms with E-state index in [-0.39, 0.29) is 12.3 Å². The average molecular weight is 339 g/mol. The van der Waals surface area contributed by atoms with Crippen molar-refractivity contribution in [3.8, 4) is 5.75 Å². The molecule has 0 atom stereocenters. The van der Waals surface area contributed by atoms with E-state index in [0.29, 0.717) is 11.3 Å². The molecule has 0 aliphatic heterocycles. The molecule has 2 aromatic rings. The molecule has 0 radical (unpaired) electrons. The summed E-state index contributed by atoms with van der Waals surface area (Å²) in [7, 11) is 0. The van der Waals surface area contributed by atoms with E-state index in [1.54, 1.807) is 29.2 Å². The van der Waals surface area contributed by atoms with Crippen molar-refractivity contribution in [2.75, 3.05) is 6.61 Å². The summed E-state index contributed by atoms with van der Waals surface area (Å²) in [6.45, 7) is -0.258. The molecule has 2 rings (SSSR count). The molecular formula is C15H12F3N3O3. The third kappa shape index (κ3) is 4.97. The fraction of sp³-hybridized carbons (Fsp3) is 0.133. The number of halogens is 3. The van der Waals surface area contributed by atoms with Gasteiger partial charge in [0.2, 0.25) is 0 Å². The number of carbonyl (C=O) groups excluding carboxylic acids is 1. The first-order valence-electron chi connectivity index (χ1n) is 6.62. The number of benzene rings is 1. The lowest BCUT2D eigenvalue weighted by Crippen LogP contribution is -2.19. The maximum absolute atomic E-state index is 12.6. The molecule has 0 aliphatic carbocycles. The summed E-state index contributed by atoms with van der Waals surface area (Å²) in [6.07, 6.45) is -1.90. The van der Waals surface area contributed by atoms with Crippen molar-refractivity contribution in [3.63, 3.8) is 0 Å². The Kier molecular flexibility index (Phi) is 5.02. The van der Waals surface area contributed by atoms with E-state index in [0.717, 1.165) is 6.07 Å². The minimum atomic E-state index is -4.66. The molecule has 6 nitrogen and oxygen atoms in total. The van der Waals surface area contributed by atoms with Crippen LogP contribution in [0.5, 0.6) is 5.75 Å². The lowest BCUT2D eigenvalue weighted by Gasteiger charge is -2.06. The fourth-order valence-corrected chi connectivity index (χ4v) is 1.73. The number of rotatable bonds is 5. The predicted octanol–water partition coefficient (Wildman–Crippen LogP) is 1.82. The van der Waals surface area contributed by atoms with Gasteiger partial charge in [0.05, 0.1) is 5.69 Å². The monoisotopic (exact) mass is 339 g/mol. The number of primary amides is 1. The van der Waals surface area contributed by atoms with Gasteiger partial charge in [-0.05, 0) is 29.8 Å². The minimum Gasteiger partial charge on any atom is -0.484 e. The third-order valence-electron chi connectivity index (χ3n) is 2.78. The zero-order valence-corrected chi connectivity index (χ0v) is 12.1. The minimum absolute atomic E-state index is 0.125. The molecule has 0 saturated carbocycles. The number of hydrogen-bond donors (Lipinski definition) is 2. The smallest absolute Gasteiger partial charge is 0.431 e. The average Bonchev–Trinajstić information content (AvgIpc) is 2.50. The summed E-state index contributed by atoms with van der Waals surface area (Å²) in [6, 6.07) is 7.10. The summed E-state index contributed by atoms with van der Waals surface area (Å²) >= 11 is 0. The van der Waals surface area contributed by atoms with Crippen molar-refractivity contribution in [3.05, 3.63) is 57.8 Å². The number of ether oxygens (including phenoxy) is 1. The molecule has 1 aromatic carbocycles. The number of nitrogens with one attached hydrogen (secondary N) is 1. The van der Waals surface area contributed by atoms with Crippen LogP contribution in [0.4, 0.5) is 13.2 Å². The Balaban J connectivity index is 2.15. The van der Waals surface area contributed by atoms with E-state index in [9.17, 15) is 22.8 Å². The van der Waals surface area contributed by atoms with E-state index in [1.807, 2.05) is 0 Å². The van der Waals surface area contributed by atoms with Crippen LogP contribution in [0.2, 0.25) is 0 Å². The van der Waals surface area contributed by atoms with Gasteiger partial charge in [-0.1, -0.05) is 18.2 Å². The van der Waals surface area contributed by atoms with E-state index < -0.39 is 23.5 Å². The van der Waals surface area contributed by atoms with Gasteiger partial charge in [-0.3, -0.25) is 4.79 Å². The number of alkyl halides is 3. The Morgan fingerprint density at radius 3 is 2.50 bits per heavy atom. The van der Waals surface area contributed by atoms with Crippen molar-refractivity contribution in [1.82, 2.24) is 9.97 Å². The van der Waals surface area contributed by atoms with Crippen LogP contribution < -0.4 is 16.2 Å². The number of nitrogens with two attached hydrogens (primary N) is 1. The molecule has 0 bridgehead atoms. The van der Waals surface area contributed by atoms with Crippen LogP contribution in [0.3, 0.4) is 0 Å². The van der Waals surface area contributed by atoms with Crippen molar-refractivity contribution < 1.29 is 22.7 Å². The van der Waals surface area contributed by atoms with E-state index in [1.165, 1.54) is 12.2 Å². The van der Waals surface area contributed by atoms with Gasteiger partial charge in [-0.25, -0.2) is 4.79 Å². The molecule has 3 N–H and O–H groups in total. The molecule has 0 unspecified atom stereocenters. The number of aromatic amines is 1. The number of H-pyrrole nitrogens is 1. The Hall–Kier alpha value is -3.10. The standard InChI is InChI=1S/C15H12F3N3O3/c16-15(17,18)12-7-10(20-14(23)21-12)4-1-9-2-5-11(6-3-9)24-8-13(19)22/h1-7H,8H2,(H2,19,22)(H,20,21,23)/b4-1+. The maximum atomic E-state index is 12.6. The van der Waals surface area contributed by atoms with Gasteiger partial charge >= 0.3 is 11.9 Å². The highest BCUT2D eigenvalue weighted by Crippen LogP contribution is 2.27. The number of aromatic nitrogens is 2. The topological polar surface area (TPSA) is 98.1 Å². The van der Waals surface area contributed by atoms with Gasteiger partial charge in [0.1, 0.15) is 11.4 Å². The molecule has 0 fully saturated rings. The molecule has 1 heterocycles. The van der Waals surface area contributed by atoms with Gasteiger partial charge in [0.25, 0.3) is 5.91 Å². The van der Waals surface area contributed by atoms with Crippen LogP contribution in [-0.4, -0.2) is 22.5 Å². The predicted molar refractivity (Wildman–Crippen MR) is 79.9 cm³/mol. The third-order valence-corrected chi connectivity index (χ3v) is 2.78. The zero-order valence-electron chi connectivity index (χ0n) is 12.1. The normalized spacial score (nSPS) is 11.6. The van der Waals surface area contributed by atoms with Crippen molar-refractivity contribution in [2.45, 2.75) is 6.18 Å². The zero-order chi connectivity index (χ0) is 17.7. The van der Waals surface area contributed by atoms with E-state index >= 15 is 0 Å². The number of carbonyl (C=O) groups is 1. The van der Waals surface area contributed by atoms with Gasteiger partial charge < -0.3 is 15.5 Å². The van der Waals surface area contributed by atoms with Crippen LogP contribution in [0.15, 0.2) is 35.1 Å². The quantitative estimate of drug-likeness (QED) is 0.868. The SMILES string of the molecule is NC(=O)COc1ccc(/C=C/c2cc(C(F)(F)F)[nH]c(=O)n2)cc1. The Labute approximate surface area is 133 Å². The van der Waals surface area contributed by atoms with Crippen molar-refractivity contribution >= 4 is 18.1 Å². The second-order valence-corrected chi connectivity index (χ2v) is 4.68. The molecular weight excluding hydrogens is 327 g/mol. The Bertz CT molecular complexity index is 811. The molecule has 24 heavy (non-hydrogen) atoms. The van der Waals surface area contributed by atoms with Gasteiger partial charge in [-0.15, -0.1) is 0 Å². The Morgan fingerprint density at radius 2 is 1.92 bits per heavy atom. The molecule has 0 aliphatic rings. The van der Waals surface area contributed by atoms with Crippen molar-refractivity contribution in [2.24, 2.45) is 5.73 Å². The second-order valence-electron chi connectivity index (χ2n) is 4.68.